The first-order valence-corrected chi connectivity index (χ1v) is 6.62. The van der Waals surface area contributed by atoms with E-state index < -0.39 is 0 Å². The van der Waals surface area contributed by atoms with Gasteiger partial charge in [-0.1, -0.05) is 31.5 Å². The number of amides is 1. The molecule has 1 aromatic carbocycles. The van der Waals surface area contributed by atoms with Gasteiger partial charge in [-0.05, 0) is 18.9 Å². The van der Waals surface area contributed by atoms with Crippen LogP contribution in [-0.2, 0) is 10.2 Å². The summed E-state index contributed by atoms with van der Waals surface area (Å²) < 4.78 is 5.45. The first-order valence-electron chi connectivity index (χ1n) is 6.62. The van der Waals surface area contributed by atoms with Crippen molar-refractivity contribution in [2.75, 3.05) is 13.7 Å². The molecule has 1 fully saturated rings. The molecule has 0 bridgehead atoms. The van der Waals surface area contributed by atoms with Gasteiger partial charge in [-0.25, -0.2) is 0 Å². The minimum atomic E-state index is 0.0808. The van der Waals surface area contributed by atoms with E-state index in [0.29, 0.717) is 6.42 Å². The van der Waals surface area contributed by atoms with Crippen LogP contribution in [-0.4, -0.2) is 19.6 Å². The highest BCUT2D eigenvalue weighted by atomic mass is 16.5. The smallest absolute Gasteiger partial charge is 0.219 e. The summed E-state index contributed by atoms with van der Waals surface area (Å²) in [6, 6.07) is 8.14. The monoisotopic (exact) mass is 247 g/mol. The molecule has 0 spiro atoms. The molecule has 1 amide bonds. The maximum atomic E-state index is 11.4. The van der Waals surface area contributed by atoms with Gasteiger partial charge in [0.1, 0.15) is 5.75 Å². The predicted octanol–water partition coefficient (Wildman–Crippen LogP) is 2.64. The fourth-order valence-electron chi connectivity index (χ4n) is 2.62. The third kappa shape index (κ3) is 2.35. The SMILES string of the molecule is CCC(=O)NCC1(c2ccccc2OC)CCC1. The van der Waals surface area contributed by atoms with Gasteiger partial charge in [0.25, 0.3) is 0 Å². The minimum Gasteiger partial charge on any atom is -0.496 e. The number of rotatable bonds is 5. The van der Waals surface area contributed by atoms with Crippen LogP contribution in [0, 0.1) is 0 Å². The molecule has 98 valence electrons. The van der Waals surface area contributed by atoms with Gasteiger partial charge in [-0.2, -0.15) is 0 Å². The van der Waals surface area contributed by atoms with Crippen molar-refractivity contribution in [2.45, 2.75) is 38.0 Å². The number of hydrogen-bond acceptors (Lipinski definition) is 2. The van der Waals surface area contributed by atoms with Crippen LogP contribution < -0.4 is 10.1 Å². The third-order valence-corrected chi connectivity index (χ3v) is 3.93. The van der Waals surface area contributed by atoms with Crippen molar-refractivity contribution in [2.24, 2.45) is 0 Å². The molecule has 3 heteroatoms. The van der Waals surface area contributed by atoms with Crippen LogP contribution in [0.1, 0.15) is 38.2 Å². The van der Waals surface area contributed by atoms with Gasteiger partial charge in [0, 0.05) is 23.9 Å². The van der Waals surface area contributed by atoms with E-state index in [2.05, 4.69) is 11.4 Å². The molecule has 1 saturated carbocycles. The van der Waals surface area contributed by atoms with Crippen LogP contribution >= 0.6 is 0 Å². The van der Waals surface area contributed by atoms with E-state index in [1.807, 2.05) is 25.1 Å². The van der Waals surface area contributed by atoms with Gasteiger partial charge in [0.05, 0.1) is 7.11 Å². The number of methoxy groups -OCH3 is 1. The lowest BCUT2D eigenvalue weighted by molar-refractivity contribution is -0.121. The molecule has 1 aliphatic carbocycles. The van der Waals surface area contributed by atoms with E-state index >= 15 is 0 Å². The molecule has 0 heterocycles. The van der Waals surface area contributed by atoms with Crippen LogP contribution in [0.15, 0.2) is 24.3 Å². The van der Waals surface area contributed by atoms with Crippen molar-refractivity contribution in [3.8, 4) is 5.75 Å². The minimum absolute atomic E-state index is 0.0808. The quantitative estimate of drug-likeness (QED) is 0.868. The lowest BCUT2D eigenvalue weighted by atomic mass is 9.64. The van der Waals surface area contributed by atoms with Gasteiger partial charge in [0.2, 0.25) is 5.91 Å². The van der Waals surface area contributed by atoms with Crippen molar-refractivity contribution in [3.05, 3.63) is 29.8 Å². The van der Waals surface area contributed by atoms with E-state index in [1.54, 1.807) is 7.11 Å². The van der Waals surface area contributed by atoms with Crippen molar-refractivity contribution in [1.82, 2.24) is 5.32 Å². The van der Waals surface area contributed by atoms with E-state index in [9.17, 15) is 4.79 Å². The maximum Gasteiger partial charge on any atom is 0.219 e. The van der Waals surface area contributed by atoms with Crippen molar-refractivity contribution in [1.29, 1.82) is 0 Å². The molecule has 0 aromatic heterocycles. The maximum absolute atomic E-state index is 11.4. The summed E-state index contributed by atoms with van der Waals surface area (Å²) in [5.41, 5.74) is 1.31. The summed E-state index contributed by atoms with van der Waals surface area (Å²) in [6.07, 6.45) is 4.01. The van der Waals surface area contributed by atoms with Gasteiger partial charge in [-0.15, -0.1) is 0 Å². The highest BCUT2D eigenvalue weighted by molar-refractivity contribution is 5.75. The second-order valence-corrected chi connectivity index (χ2v) is 4.96. The molecule has 1 aliphatic rings. The van der Waals surface area contributed by atoms with Crippen LogP contribution in [0.4, 0.5) is 0 Å². The van der Waals surface area contributed by atoms with Gasteiger partial charge in [0.15, 0.2) is 0 Å². The molecule has 0 unspecified atom stereocenters. The summed E-state index contributed by atoms with van der Waals surface area (Å²) in [7, 11) is 1.70. The van der Waals surface area contributed by atoms with Crippen LogP contribution in [0.25, 0.3) is 0 Å². The zero-order valence-corrected chi connectivity index (χ0v) is 11.2. The summed E-state index contributed by atoms with van der Waals surface area (Å²) in [5, 5.41) is 3.03. The standard InChI is InChI=1S/C15H21NO2/c1-3-14(17)16-11-15(9-6-10-15)12-7-4-5-8-13(12)18-2/h4-5,7-8H,3,6,9-11H2,1-2H3,(H,16,17). The molecular weight excluding hydrogens is 226 g/mol. The van der Waals surface area contributed by atoms with Crippen LogP contribution in [0.2, 0.25) is 0 Å². The van der Waals surface area contributed by atoms with Crippen molar-refractivity contribution in [3.63, 3.8) is 0 Å². The molecule has 1 aromatic rings. The number of benzene rings is 1. The molecule has 2 rings (SSSR count). The summed E-state index contributed by atoms with van der Waals surface area (Å²) in [5.74, 6) is 1.05. The Morgan fingerprint density at radius 3 is 2.67 bits per heavy atom. The highest BCUT2D eigenvalue weighted by Crippen LogP contribution is 2.46. The molecule has 0 radical (unpaired) electrons. The molecule has 0 aliphatic heterocycles. The number of carbonyl (C=O) groups is 1. The Balaban J connectivity index is 2.18. The Bertz CT molecular complexity index is 424. The van der Waals surface area contributed by atoms with Gasteiger partial charge >= 0.3 is 0 Å². The number of carbonyl (C=O) groups excluding carboxylic acids is 1. The second-order valence-electron chi connectivity index (χ2n) is 4.96. The summed E-state index contributed by atoms with van der Waals surface area (Å²) >= 11 is 0. The average molecular weight is 247 g/mol. The molecular formula is C15H21NO2. The van der Waals surface area contributed by atoms with Gasteiger partial charge < -0.3 is 10.1 Å². The Hall–Kier alpha value is -1.51. The lowest BCUT2D eigenvalue weighted by Crippen LogP contribution is -2.45. The van der Waals surface area contributed by atoms with E-state index in [1.165, 1.54) is 12.0 Å². The Labute approximate surface area is 109 Å². The second kappa shape index (κ2) is 5.42. The Kier molecular flexibility index (Phi) is 3.90. The normalized spacial score (nSPS) is 16.8. The fraction of sp³-hybridized carbons (Fsp3) is 0.533. The summed E-state index contributed by atoms with van der Waals surface area (Å²) in [6.45, 7) is 2.60. The van der Waals surface area contributed by atoms with Crippen molar-refractivity contribution >= 4 is 5.91 Å². The molecule has 1 N–H and O–H groups in total. The topological polar surface area (TPSA) is 38.3 Å². The molecule has 0 atom stereocenters. The van der Waals surface area contributed by atoms with Crippen LogP contribution in [0.3, 0.4) is 0 Å². The Morgan fingerprint density at radius 1 is 1.39 bits per heavy atom. The zero-order valence-electron chi connectivity index (χ0n) is 11.2. The molecule has 0 saturated heterocycles. The highest BCUT2D eigenvalue weighted by Gasteiger charge is 2.40. The zero-order chi connectivity index (χ0) is 13.0. The van der Waals surface area contributed by atoms with Crippen molar-refractivity contribution < 1.29 is 9.53 Å². The first kappa shape index (κ1) is 12.9. The van der Waals surface area contributed by atoms with Gasteiger partial charge in [-0.3, -0.25) is 4.79 Å². The van der Waals surface area contributed by atoms with E-state index in [4.69, 9.17) is 4.74 Å². The first-order chi connectivity index (χ1) is 8.72. The lowest BCUT2D eigenvalue weighted by Gasteiger charge is -2.43. The largest absolute Gasteiger partial charge is 0.496 e. The number of nitrogens with one attached hydrogen (secondary N) is 1. The molecule has 18 heavy (non-hydrogen) atoms. The van der Waals surface area contributed by atoms with E-state index in [0.717, 1.165) is 25.1 Å². The van der Waals surface area contributed by atoms with Crippen LogP contribution in [0.5, 0.6) is 5.75 Å². The summed E-state index contributed by atoms with van der Waals surface area (Å²) in [4.78, 5) is 11.4. The number of ether oxygens (including phenoxy) is 1. The number of hydrogen-bond donors (Lipinski definition) is 1. The third-order valence-electron chi connectivity index (χ3n) is 3.93. The fourth-order valence-corrected chi connectivity index (χ4v) is 2.62. The molecule has 3 nitrogen and oxygen atoms in total. The Morgan fingerprint density at radius 2 is 2.11 bits per heavy atom. The number of para-hydroxylation sites is 1. The van der Waals surface area contributed by atoms with E-state index in [-0.39, 0.29) is 11.3 Å². The average Bonchev–Trinajstić information content (AvgIpc) is 2.37. The predicted molar refractivity (Wildman–Crippen MR) is 71.8 cm³/mol.